The maximum Gasteiger partial charge on any atom is 0.252 e. The first-order chi connectivity index (χ1) is 9.27. The number of rotatable bonds is 7. The third-order valence-corrected chi connectivity index (χ3v) is 4.06. The smallest absolute Gasteiger partial charge is 0.252 e. The highest BCUT2D eigenvalue weighted by Gasteiger charge is 2.18. The fraction of sp³-hybridized carbons (Fsp3) is 0.417. The average molecular weight is 302 g/mol. The number of hydrogen-bond donors (Lipinski definition) is 3. The molecule has 0 radical (unpaired) electrons. The predicted octanol–water partition coefficient (Wildman–Crippen LogP) is -0.157. The Morgan fingerprint density at radius 1 is 1.50 bits per heavy atom. The van der Waals surface area contributed by atoms with Crippen LogP contribution in [0.4, 0.5) is 0 Å². The molecule has 0 saturated carbocycles. The van der Waals surface area contributed by atoms with Gasteiger partial charge in [-0.25, -0.2) is 13.1 Å². The minimum atomic E-state index is -3.76. The van der Waals surface area contributed by atoms with Gasteiger partial charge >= 0.3 is 0 Å². The van der Waals surface area contributed by atoms with Crippen LogP contribution in [0.5, 0.6) is 5.75 Å². The number of nitrogens with one attached hydrogen (secondary N) is 1. The molecule has 0 heterocycles. The molecule has 0 aliphatic carbocycles. The Labute approximate surface area is 117 Å². The molecule has 4 N–H and O–H groups in total. The van der Waals surface area contributed by atoms with Crippen molar-refractivity contribution in [2.45, 2.75) is 24.3 Å². The zero-order valence-electron chi connectivity index (χ0n) is 11.3. The number of sulfonamides is 1. The predicted molar refractivity (Wildman–Crippen MR) is 73.0 cm³/mol. The summed E-state index contributed by atoms with van der Waals surface area (Å²) >= 11 is 0. The van der Waals surface area contributed by atoms with Gasteiger partial charge in [0.05, 0.1) is 23.7 Å². The average Bonchev–Trinajstić information content (AvgIpc) is 2.37. The summed E-state index contributed by atoms with van der Waals surface area (Å²) in [5, 5.41) is 9.09. The molecule has 8 heteroatoms. The summed E-state index contributed by atoms with van der Waals surface area (Å²) < 4.78 is 31.3. The maximum absolute atomic E-state index is 12.0. The summed E-state index contributed by atoms with van der Waals surface area (Å²) in [4.78, 5) is 11.2. The molecule has 0 fully saturated rings. The van der Waals surface area contributed by atoms with E-state index in [2.05, 4.69) is 4.72 Å². The minimum absolute atomic E-state index is 0.00842. The molecule has 112 valence electrons. The van der Waals surface area contributed by atoms with Gasteiger partial charge in [0.2, 0.25) is 10.0 Å². The number of nitrogens with two attached hydrogens (primary N) is 1. The van der Waals surface area contributed by atoms with Crippen LogP contribution in [0.3, 0.4) is 0 Å². The zero-order valence-corrected chi connectivity index (χ0v) is 12.1. The summed E-state index contributed by atoms with van der Waals surface area (Å²) in [5.74, 6) is -0.566. The number of carbonyl (C=O) groups excluding carboxylic acids is 1. The van der Waals surface area contributed by atoms with Crippen LogP contribution in [0, 0.1) is 0 Å². The second kappa shape index (κ2) is 6.69. The SMILES string of the molecule is COc1ccc(S(=O)(=O)NCCC(C)O)cc1C(N)=O. The fourth-order valence-electron chi connectivity index (χ4n) is 1.53. The summed E-state index contributed by atoms with van der Waals surface area (Å²) in [5.41, 5.74) is 5.17. The lowest BCUT2D eigenvalue weighted by Crippen LogP contribution is -2.27. The van der Waals surface area contributed by atoms with Crippen molar-refractivity contribution < 1.29 is 23.1 Å². The van der Waals surface area contributed by atoms with Gasteiger partial charge in [0.1, 0.15) is 5.75 Å². The van der Waals surface area contributed by atoms with E-state index < -0.39 is 22.0 Å². The molecular formula is C12H18N2O5S. The lowest BCUT2D eigenvalue weighted by atomic mass is 10.2. The zero-order chi connectivity index (χ0) is 15.3. The van der Waals surface area contributed by atoms with Crippen molar-refractivity contribution in [1.29, 1.82) is 0 Å². The first-order valence-electron chi connectivity index (χ1n) is 5.93. The molecule has 0 saturated heterocycles. The molecule has 1 aromatic rings. The highest BCUT2D eigenvalue weighted by atomic mass is 32.2. The van der Waals surface area contributed by atoms with Crippen LogP contribution >= 0.6 is 0 Å². The van der Waals surface area contributed by atoms with E-state index in [9.17, 15) is 13.2 Å². The standard InChI is InChI=1S/C12H18N2O5S/c1-8(15)5-6-14-20(17,18)9-3-4-11(19-2)10(7-9)12(13)16/h3-4,7-8,14-15H,5-6H2,1-2H3,(H2,13,16). The van der Waals surface area contributed by atoms with Crippen molar-refractivity contribution in [2.24, 2.45) is 5.73 Å². The highest BCUT2D eigenvalue weighted by Crippen LogP contribution is 2.21. The van der Waals surface area contributed by atoms with E-state index >= 15 is 0 Å². The molecule has 7 nitrogen and oxygen atoms in total. The van der Waals surface area contributed by atoms with E-state index in [1.54, 1.807) is 6.92 Å². The fourth-order valence-corrected chi connectivity index (χ4v) is 2.61. The van der Waals surface area contributed by atoms with E-state index in [-0.39, 0.29) is 29.2 Å². The number of carbonyl (C=O) groups is 1. The van der Waals surface area contributed by atoms with Gasteiger partial charge in [-0.15, -0.1) is 0 Å². The highest BCUT2D eigenvalue weighted by molar-refractivity contribution is 7.89. The van der Waals surface area contributed by atoms with Crippen LogP contribution in [-0.4, -0.2) is 39.2 Å². The lowest BCUT2D eigenvalue weighted by Gasteiger charge is -2.10. The largest absolute Gasteiger partial charge is 0.496 e. The second-order valence-electron chi connectivity index (χ2n) is 4.26. The van der Waals surface area contributed by atoms with Gasteiger partial charge in [-0.05, 0) is 31.5 Å². The Morgan fingerprint density at radius 3 is 2.65 bits per heavy atom. The van der Waals surface area contributed by atoms with Gasteiger partial charge in [-0.1, -0.05) is 0 Å². The van der Waals surface area contributed by atoms with E-state index in [0.29, 0.717) is 0 Å². The summed E-state index contributed by atoms with van der Waals surface area (Å²) in [6.45, 7) is 1.66. The molecule has 0 bridgehead atoms. The summed E-state index contributed by atoms with van der Waals surface area (Å²) in [6, 6.07) is 3.84. The molecule has 0 aromatic heterocycles. The number of ether oxygens (including phenoxy) is 1. The Hall–Kier alpha value is -1.64. The van der Waals surface area contributed by atoms with Crippen molar-refractivity contribution >= 4 is 15.9 Å². The van der Waals surface area contributed by atoms with Crippen molar-refractivity contribution in [3.8, 4) is 5.75 Å². The first kappa shape index (κ1) is 16.4. The van der Waals surface area contributed by atoms with E-state index in [4.69, 9.17) is 15.6 Å². The Balaban J connectivity index is 3.01. The van der Waals surface area contributed by atoms with Gasteiger partial charge in [-0.2, -0.15) is 0 Å². The number of aliphatic hydroxyl groups excluding tert-OH is 1. The molecule has 20 heavy (non-hydrogen) atoms. The van der Waals surface area contributed by atoms with Crippen LogP contribution < -0.4 is 15.2 Å². The quantitative estimate of drug-likeness (QED) is 0.647. The van der Waals surface area contributed by atoms with Crippen LogP contribution in [0.25, 0.3) is 0 Å². The van der Waals surface area contributed by atoms with Gasteiger partial charge < -0.3 is 15.6 Å². The second-order valence-corrected chi connectivity index (χ2v) is 6.03. The normalized spacial score (nSPS) is 12.9. The van der Waals surface area contributed by atoms with Crippen LogP contribution in [0.1, 0.15) is 23.7 Å². The topological polar surface area (TPSA) is 119 Å². The number of hydrogen-bond acceptors (Lipinski definition) is 5. The van der Waals surface area contributed by atoms with Crippen LogP contribution in [0.2, 0.25) is 0 Å². The minimum Gasteiger partial charge on any atom is -0.496 e. The van der Waals surface area contributed by atoms with Crippen molar-refractivity contribution in [1.82, 2.24) is 4.72 Å². The molecule has 0 aliphatic heterocycles. The molecule has 1 rings (SSSR count). The summed E-state index contributed by atoms with van der Waals surface area (Å²) in [7, 11) is -2.40. The molecule has 1 aromatic carbocycles. The van der Waals surface area contributed by atoms with E-state index in [1.807, 2.05) is 0 Å². The van der Waals surface area contributed by atoms with Gasteiger partial charge in [-0.3, -0.25) is 4.79 Å². The number of benzene rings is 1. The van der Waals surface area contributed by atoms with Crippen LogP contribution in [-0.2, 0) is 10.0 Å². The third-order valence-electron chi connectivity index (χ3n) is 2.60. The third kappa shape index (κ3) is 4.19. The lowest BCUT2D eigenvalue weighted by molar-refractivity contribution is 0.0997. The van der Waals surface area contributed by atoms with E-state index in [0.717, 1.165) is 6.07 Å². The molecular weight excluding hydrogens is 284 g/mol. The number of primary amides is 1. The Morgan fingerprint density at radius 2 is 2.15 bits per heavy atom. The number of amides is 1. The molecule has 1 atom stereocenters. The number of methoxy groups -OCH3 is 1. The van der Waals surface area contributed by atoms with Crippen LogP contribution in [0.15, 0.2) is 23.1 Å². The molecule has 1 amide bonds. The maximum atomic E-state index is 12.0. The molecule has 1 unspecified atom stereocenters. The molecule has 0 spiro atoms. The summed E-state index contributed by atoms with van der Waals surface area (Å²) in [6.07, 6.45) is -0.312. The van der Waals surface area contributed by atoms with Crippen molar-refractivity contribution in [3.63, 3.8) is 0 Å². The van der Waals surface area contributed by atoms with E-state index in [1.165, 1.54) is 19.2 Å². The van der Waals surface area contributed by atoms with Gasteiger partial charge in [0.25, 0.3) is 5.91 Å². The van der Waals surface area contributed by atoms with Crippen molar-refractivity contribution in [2.75, 3.05) is 13.7 Å². The van der Waals surface area contributed by atoms with Gasteiger partial charge in [0.15, 0.2) is 0 Å². The first-order valence-corrected chi connectivity index (χ1v) is 7.42. The molecule has 0 aliphatic rings. The Bertz CT molecular complexity index is 584. The van der Waals surface area contributed by atoms with Gasteiger partial charge in [0, 0.05) is 6.54 Å². The monoisotopic (exact) mass is 302 g/mol. The van der Waals surface area contributed by atoms with Crippen molar-refractivity contribution in [3.05, 3.63) is 23.8 Å². The number of aliphatic hydroxyl groups is 1. The Kier molecular flexibility index (Phi) is 5.49.